The molecule has 1 N–H and O–H groups in total. The van der Waals surface area contributed by atoms with Gasteiger partial charge in [-0.15, -0.1) is 0 Å². The van der Waals surface area contributed by atoms with Crippen molar-refractivity contribution < 1.29 is 14.6 Å². The number of nitrogens with zero attached hydrogens (tertiary/aromatic N) is 1. The zero-order chi connectivity index (χ0) is 12.1. The number of benzene rings is 1. The summed E-state index contributed by atoms with van der Waals surface area (Å²) in [5, 5.41) is 17.5. The van der Waals surface area contributed by atoms with E-state index in [0.29, 0.717) is 16.9 Å². The predicted molar refractivity (Wildman–Crippen MR) is 59.1 cm³/mol. The minimum absolute atomic E-state index is 0.339. The number of carboxylic acids is 1. The van der Waals surface area contributed by atoms with Crippen LogP contribution in [-0.4, -0.2) is 18.2 Å². The molecule has 1 rings (SSSR count). The number of carbonyl (C=O) groups is 1. The van der Waals surface area contributed by atoms with Crippen LogP contribution in [0.3, 0.4) is 0 Å². The zero-order valence-electron chi connectivity index (χ0n) is 9.02. The average molecular weight is 217 g/mol. The lowest BCUT2D eigenvalue weighted by Crippen LogP contribution is -1.93. The molecular weight excluding hydrogens is 206 g/mol. The van der Waals surface area contributed by atoms with E-state index in [9.17, 15) is 4.79 Å². The van der Waals surface area contributed by atoms with Crippen molar-refractivity contribution in [2.45, 2.75) is 6.92 Å². The van der Waals surface area contributed by atoms with E-state index in [-0.39, 0.29) is 0 Å². The number of hydrogen-bond donors (Lipinski definition) is 1. The largest absolute Gasteiger partial charge is 0.495 e. The third-order valence-electron chi connectivity index (χ3n) is 2.01. The van der Waals surface area contributed by atoms with Crippen LogP contribution in [-0.2, 0) is 4.79 Å². The number of aryl methyl sites for hydroxylation is 1. The van der Waals surface area contributed by atoms with Crippen molar-refractivity contribution in [1.29, 1.82) is 5.26 Å². The topological polar surface area (TPSA) is 70.3 Å². The lowest BCUT2D eigenvalue weighted by atomic mass is 10.0. The van der Waals surface area contributed by atoms with Crippen LogP contribution in [0.25, 0.3) is 6.08 Å². The standard InChI is InChI=1S/C12H11NO3/c1-8-5-9(3-4-12(14)15)10(7-13)11(6-8)16-2/h3-6H,1-2H3,(H,14,15)/b4-3+. The smallest absolute Gasteiger partial charge is 0.328 e. The first-order chi connectivity index (χ1) is 7.58. The van der Waals surface area contributed by atoms with Gasteiger partial charge >= 0.3 is 5.97 Å². The Hall–Kier alpha value is -2.28. The SMILES string of the molecule is COc1cc(C)cc(/C=C/C(=O)O)c1C#N. The lowest BCUT2D eigenvalue weighted by Gasteiger charge is -2.07. The number of carboxylic acid groups (broad SMARTS) is 1. The van der Waals surface area contributed by atoms with Crippen LogP contribution >= 0.6 is 0 Å². The fourth-order valence-corrected chi connectivity index (χ4v) is 1.35. The molecule has 0 radical (unpaired) electrons. The van der Waals surface area contributed by atoms with Crippen LogP contribution in [0.15, 0.2) is 18.2 Å². The van der Waals surface area contributed by atoms with Gasteiger partial charge in [0.1, 0.15) is 17.4 Å². The third kappa shape index (κ3) is 2.61. The molecule has 16 heavy (non-hydrogen) atoms. The first-order valence-corrected chi connectivity index (χ1v) is 4.58. The summed E-state index contributed by atoms with van der Waals surface area (Å²) in [5.41, 5.74) is 1.79. The normalized spacial score (nSPS) is 10.1. The van der Waals surface area contributed by atoms with Gasteiger partial charge in [0.15, 0.2) is 0 Å². The fraction of sp³-hybridized carbons (Fsp3) is 0.167. The minimum Gasteiger partial charge on any atom is -0.495 e. The van der Waals surface area contributed by atoms with Gasteiger partial charge < -0.3 is 9.84 Å². The Kier molecular flexibility index (Phi) is 3.67. The summed E-state index contributed by atoms with van der Waals surface area (Å²) in [6.07, 6.45) is 2.38. The van der Waals surface area contributed by atoms with Crippen molar-refractivity contribution in [3.63, 3.8) is 0 Å². The molecule has 0 amide bonds. The Labute approximate surface area is 93.4 Å². The van der Waals surface area contributed by atoms with Gasteiger partial charge in [-0.25, -0.2) is 4.79 Å². The van der Waals surface area contributed by atoms with E-state index < -0.39 is 5.97 Å². The molecule has 0 saturated carbocycles. The predicted octanol–water partition coefficient (Wildman–Crippen LogP) is 1.97. The molecule has 82 valence electrons. The van der Waals surface area contributed by atoms with Crippen molar-refractivity contribution in [2.24, 2.45) is 0 Å². The zero-order valence-corrected chi connectivity index (χ0v) is 9.02. The van der Waals surface area contributed by atoms with E-state index in [1.54, 1.807) is 12.1 Å². The Morgan fingerprint density at radius 1 is 1.56 bits per heavy atom. The van der Waals surface area contributed by atoms with Crippen molar-refractivity contribution in [2.75, 3.05) is 7.11 Å². The molecule has 4 nitrogen and oxygen atoms in total. The summed E-state index contributed by atoms with van der Waals surface area (Å²) in [6, 6.07) is 5.47. The van der Waals surface area contributed by atoms with Crippen molar-refractivity contribution in [3.8, 4) is 11.8 Å². The molecule has 0 aliphatic rings. The molecule has 1 aromatic rings. The van der Waals surface area contributed by atoms with Gasteiger partial charge in [-0.3, -0.25) is 0 Å². The van der Waals surface area contributed by atoms with Crippen LogP contribution < -0.4 is 4.74 Å². The van der Waals surface area contributed by atoms with Crippen LogP contribution in [0.2, 0.25) is 0 Å². The van der Waals surface area contributed by atoms with E-state index in [1.807, 2.05) is 13.0 Å². The number of aliphatic carboxylic acids is 1. The molecule has 0 aliphatic heterocycles. The van der Waals surface area contributed by atoms with E-state index in [4.69, 9.17) is 15.1 Å². The Morgan fingerprint density at radius 3 is 2.75 bits per heavy atom. The molecule has 0 aliphatic carbocycles. The van der Waals surface area contributed by atoms with Gasteiger partial charge in [0.05, 0.1) is 7.11 Å². The van der Waals surface area contributed by atoms with E-state index in [1.165, 1.54) is 13.2 Å². The molecule has 0 heterocycles. The number of nitriles is 1. The van der Waals surface area contributed by atoms with E-state index in [0.717, 1.165) is 11.6 Å². The molecule has 0 aromatic heterocycles. The Balaban J connectivity index is 3.32. The molecule has 0 atom stereocenters. The van der Waals surface area contributed by atoms with Crippen LogP contribution in [0.5, 0.6) is 5.75 Å². The van der Waals surface area contributed by atoms with E-state index >= 15 is 0 Å². The fourth-order valence-electron chi connectivity index (χ4n) is 1.35. The second kappa shape index (κ2) is 4.99. The molecule has 4 heteroatoms. The molecule has 0 spiro atoms. The van der Waals surface area contributed by atoms with Crippen LogP contribution in [0.4, 0.5) is 0 Å². The molecule has 0 bridgehead atoms. The Bertz CT molecular complexity index is 484. The maximum atomic E-state index is 10.4. The highest BCUT2D eigenvalue weighted by atomic mass is 16.5. The minimum atomic E-state index is -1.05. The maximum absolute atomic E-state index is 10.4. The number of ether oxygens (including phenoxy) is 1. The first kappa shape index (κ1) is 11.8. The van der Waals surface area contributed by atoms with Crippen LogP contribution in [0, 0.1) is 18.3 Å². The second-order valence-corrected chi connectivity index (χ2v) is 3.21. The summed E-state index contributed by atoms with van der Waals surface area (Å²) in [6.45, 7) is 1.85. The van der Waals surface area contributed by atoms with Gasteiger partial charge in [-0.1, -0.05) is 6.07 Å². The maximum Gasteiger partial charge on any atom is 0.328 e. The quantitative estimate of drug-likeness (QED) is 0.786. The van der Waals surface area contributed by atoms with Gasteiger partial charge in [-0.2, -0.15) is 5.26 Å². The summed E-state index contributed by atoms with van der Waals surface area (Å²) in [4.78, 5) is 10.4. The van der Waals surface area contributed by atoms with Gasteiger partial charge in [-0.05, 0) is 30.2 Å². The van der Waals surface area contributed by atoms with Gasteiger partial charge in [0.2, 0.25) is 0 Å². The van der Waals surface area contributed by atoms with Crippen molar-refractivity contribution in [1.82, 2.24) is 0 Å². The van der Waals surface area contributed by atoms with Crippen molar-refractivity contribution in [3.05, 3.63) is 34.9 Å². The summed E-state index contributed by atoms with van der Waals surface area (Å²) < 4.78 is 5.06. The average Bonchev–Trinajstić information content (AvgIpc) is 2.25. The molecule has 0 unspecified atom stereocenters. The summed E-state index contributed by atoms with van der Waals surface area (Å²) in [5.74, 6) is -0.600. The first-order valence-electron chi connectivity index (χ1n) is 4.58. The molecule has 0 fully saturated rings. The Morgan fingerprint density at radius 2 is 2.25 bits per heavy atom. The highest BCUT2D eigenvalue weighted by molar-refractivity contribution is 5.86. The molecule has 0 saturated heterocycles. The number of methoxy groups -OCH3 is 1. The van der Waals surface area contributed by atoms with Crippen LogP contribution in [0.1, 0.15) is 16.7 Å². The highest BCUT2D eigenvalue weighted by Crippen LogP contribution is 2.24. The van der Waals surface area contributed by atoms with E-state index in [2.05, 4.69) is 0 Å². The number of hydrogen-bond acceptors (Lipinski definition) is 3. The lowest BCUT2D eigenvalue weighted by molar-refractivity contribution is -0.131. The van der Waals surface area contributed by atoms with Crippen molar-refractivity contribution >= 4 is 12.0 Å². The third-order valence-corrected chi connectivity index (χ3v) is 2.01. The second-order valence-electron chi connectivity index (χ2n) is 3.21. The monoisotopic (exact) mass is 217 g/mol. The summed E-state index contributed by atoms with van der Waals surface area (Å²) >= 11 is 0. The number of rotatable bonds is 3. The molecule has 1 aromatic carbocycles. The van der Waals surface area contributed by atoms with Gasteiger partial charge in [0, 0.05) is 6.08 Å². The van der Waals surface area contributed by atoms with Gasteiger partial charge in [0.25, 0.3) is 0 Å². The highest BCUT2D eigenvalue weighted by Gasteiger charge is 2.08. The summed E-state index contributed by atoms with van der Waals surface area (Å²) in [7, 11) is 1.47. The molecular formula is C12H11NO3.